The van der Waals surface area contributed by atoms with E-state index >= 15 is 0 Å². The zero-order valence-electron chi connectivity index (χ0n) is 27.1. The van der Waals surface area contributed by atoms with Gasteiger partial charge in [-0.1, -0.05) is 6.08 Å². The number of hydrogen-bond donors (Lipinski definition) is 0. The molecule has 0 bridgehead atoms. The minimum atomic E-state index is -1.26. The molecule has 1 aliphatic heterocycles. The van der Waals surface area contributed by atoms with Crippen LogP contribution < -0.4 is 9.64 Å². The molecule has 0 amide bonds. The largest absolute Gasteiger partial charge is 0.494 e. The van der Waals surface area contributed by atoms with Crippen LogP contribution in [0, 0.1) is 21.4 Å². The summed E-state index contributed by atoms with van der Waals surface area (Å²) in [7, 11) is 0.355. The summed E-state index contributed by atoms with van der Waals surface area (Å²) in [6, 6.07) is 12.6. The van der Waals surface area contributed by atoms with Crippen molar-refractivity contribution in [3.63, 3.8) is 0 Å². The van der Waals surface area contributed by atoms with Crippen molar-refractivity contribution in [1.82, 2.24) is 4.67 Å². The third-order valence-electron chi connectivity index (χ3n) is 7.25. The third kappa shape index (κ3) is 9.05. The first-order chi connectivity index (χ1) is 20.9. The molecule has 1 aliphatic rings. The normalized spacial score (nSPS) is 15.0. The molecule has 11 nitrogen and oxygen atoms in total. The van der Waals surface area contributed by atoms with Crippen LogP contribution in [0.2, 0.25) is 0 Å². The summed E-state index contributed by atoms with van der Waals surface area (Å²) in [4.78, 5) is 12.9. The lowest BCUT2D eigenvalue weighted by molar-refractivity contribution is -0.384. The Balaban J connectivity index is 1.74. The van der Waals surface area contributed by atoms with E-state index in [0.717, 1.165) is 36.2 Å². The maximum atomic E-state index is 11.0. The molecule has 0 aromatic heterocycles. The Morgan fingerprint density at radius 2 is 1.73 bits per heavy atom. The molecule has 0 spiro atoms. The second kappa shape index (κ2) is 16.1. The Hall–Kier alpha value is -3.42. The van der Waals surface area contributed by atoms with Gasteiger partial charge in [0.05, 0.1) is 49.0 Å². The lowest BCUT2D eigenvalue weighted by Gasteiger charge is -2.43. The molecule has 0 aliphatic carbocycles. The zero-order valence-corrected chi connectivity index (χ0v) is 28.0. The summed E-state index contributed by atoms with van der Waals surface area (Å²) in [5, 5.41) is 28.6. The van der Waals surface area contributed by atoms with Gasteiger partial charge in [-0.25, -0.2) is 4.67 Å². The van der Waals surface area contributed by atoms with Crippen LogP contribution in [0.1, 0.15) is 73.3 Å². The molecule has 1 heterocycles. The first-order valence-corrected chi connectivity index (χ1v) is 16.1. The summed E-state index contributed by atoms with van der Waals surface area (Å²) >= 11 is 0. The molecule has 3 rings (SSSR count). The highest BCUT2D eigenvalue weighted by Gasteiger charge is 2.32. The van der Waals surface area contributed by atoms with Crippen LogP contribution in [-0.4, -0.2) is 54.1 Å². The van der Waals surface area contributed by atoms with Crippen molar-refractivity contribution in [3.8, 4) is 11.8 Å². The number of nitriles is 1. The Kier molecular flexibility index (Phi) is 12.8. The minimum Gasteiger partial charge on any atom is -0.494 e. The van der Waals surface area contributed by atoms with Crippen LogP contribution in [0.5, 0.6) is 5.75 Å². The van der Waals surface area contributed by atoms with Crippen molar-refractivity contribution in [3.05, 3.63) is 58.2 Å². The Labute approximate surface area is 262 Å². The molecule has 0 radical (unpaired) electrons. The van der Waals surface area contributed by atoms with Crippen molar-refractivity contribution < 1.29 is 18.7 Å². The van der Waals surface area contributed by atoms with Crippen molar-refractivity contribution in [2.45, 2.75) is 85.4 Å². The fourth-order valence-electron chi connectivity index (χ4n) is 5.32. The Morgan fingerprint density at radius 1 is 1.07 bits per heavy atom. The van der Waals surface area contributed by atoms with Crippen LogP contribution in [0.15, 0.2) is 52.7 Å². The van der Waals surface area contributed by atoms with E-state index in [4.69, 9.17) is 19.0 Å². The van der Waals surface area contributed by atoms with Crippen LogP contribution in [-0.2, 0) is 9.05 Å². The second-order valence-electron chi connectivity index (χ2n) is 11.7. The van der Waals surface area contributed by atoms with Crippen LogP contribution in [0.3, 0.4) is 0 Å². The summed E-state index contributed by atoms with van der Waals surface area (Å²) < 4.78 is 20.3. The van der Waals surface area contributed by atoms with E-state index in [2.05, 4.69) is 80.4 Å². The van der Waals surface area contributed by atoms with Gasteiger partial charge in [-0.15, -0.1) is 5.11 Å². The first kappa shape index (κ1) is 35.1. The number of methoxy groups -OCH3 is 1. The highest BCUT2D eigenvalue weighted by Crippen LogP contribution is 2.47. The molecular weight excluding hydrogens is 579 g/mol. The van der Waals surface area contributed by atoms with E-state index in [-0.39, 0.29) is 23.3 Å². The number of nitro benzene ring substituents is 1. The van der Waals surface area contributed by atoms with Crippen molar-refractivity contribution in [1.29, 1.82) is 5.26 Å². The lowest BCUT2D eigenvalue weighted by atomic mass is 9.88. The van der Waals surface area contributed by atoms with E-state index in [1.807, 2.05) is 12.1 Å². The summed E-state index contributed by atoms with van der Waals surface area (Å²) in [5.41, 5.74) is 4.13. The monoisotopic (exact) mass is 624 g/mol. The number of benzene rings is 2. The summed E-state index contributed by atoms with van der Waals surface area (Å²) in [6.45, 7) is 16.8. The van der Waals surface area contributed by atoms with Gasteiger partial charge < -0.3 is 18.7 Å². The SMILES string of the molecule is COc1cc2c(cc1/N=N/c1ccc([N+](=O)[O-])cc1)C(C)=CC(C)(C)N2CCCCOP(OCCC#N)N(C(C)C)C(C)C. The quantitative estimate of drug-likeness (QED) is 0.0595. The summed E-state index contributed by atoms with van der Waals surface area (Å²) in [6.07, 6.45) is 4.37. The molecule has 12 heteroatoms. The maximum absolute atomic E-state index is 11.0. The fraction of sp³-hybridized carbons (Fsp3) is 0.531. The van der Waals surface area contributed by atoms with Crippen LogP contribution >= 0.6 is 8.53 Å². The molecular formula is C32H45N6O5P. The number of nitro groups is 1. The molecule has 1 unspecified atom stereocenters. The molecule has 2 aromatic carbocycles. The number of anilines is 1. The van der Waals surface area contributed by atoms with E-state index in [0.29, 0.717) is 36.8 Å². The van der Waals surface area contributed by atoms with E-state index < -0.39 is 13.4 Å². The van der Waals surface area contributed by atoms with Gasteiger partial charge in [0, 0.05) is 48.1 Å². The van der Waals surface area contributed by atoms with Gasteiger partial charge in [0.15, 0.2) is 0 Å². The van der Waals surface area contributed by atoms with E-state index in [1.165, 1.54) is 12.1 Å². The molecule has 2 aromatic rings. The molecule has 0 saturated heterocycles. The predicted molar refractivity (Wildman–Crippen MR) is 176 cm³/mol. The number of non-ortho nitro benzene ring substituents is 1. The maximum Gasteiger partial charge on any atom is 0.269 e. The minimum absolute atomic E-state index is 0.00292. The number of fused-ring (bicyclic) bond motifs is 1. The van der Waals surface area contributed by atoms with Gasteiger partial charge in [0.1, 0.15) is 11.4 Å². The van der Waals surface area contributed by atoms with Crippen LogP contribution in [0.4, 0.5) is 22.7 Å². The summed E-state index contributed by atoms with van der Waals surface area (Å²) in [5.74, 6) is 0.593. The van der Waals surface area contributed by atoms with Crippen molar-refractivity contribution >= 4 is 36.8 Å². The Bertz CT molecular complexity index is 1360. The highest BCUT2D eigenvalue weighted by atomic mass is 31.2. The molecule has 0 fully saturated rings. The number of nitrogens with zero attached hydrogens (tertiary/aromatic N) is 6. The molecule has 1 atom stereocenters. The molecule has 0 saturated carbocycles. The van der Waals surface area contributed by atoms with E-state index in [9.17, 15) is 10.1 Å². The lowest BCUT2D eigenvalue weighted by Crippen LogP contribution is -2.45. The highest BCUT2D eigenvalue weighted by molar-refractivity contribution is 7.44. The zero-order chi connectivity index (χ0) is 32.4. The number of unbranched alkanes of at least 4 members (excludes halogenated alkanes) is 1. The standard InChI is InChI=1S/C32H45N6O5P/c1-23(2)37(24(3)4)44(43-19-11-16-33)42-18-10-9-17-36-30-21-31(41-8)29(20-28(30)25(5)22-32(36,6)7)35-34-26-12-14-27(15-13-26)38(39)40/h12-15,20-24H,9-11,17-19H2,1-8H3/b35-34+. The van der Waals surface area contributed by atoms with Crippen LogP contribution in [0.25, 0.3) is 5.57 Å². The van der Waals surface area contributed by atoms with E-state index in [1.54, 1.807) is 19.2 Å². The number of ether oxygens (including phenoxy) is 1. The fourth-order valence-corrected chi connectivity index (χ4v) is 6.95. The number of hydrogen-bond acceptors (Lipinski definition) is 10. The van der Waals surface area contributed by atoms with Crippen molar-refractivity contribution in [2.24, 2.45) is 10.2 Å². The van der Waals surface area contributed by atoms with Gasteiger partial charge in [-0.05, 0) is 85.1 Å². The number of rotatable bonds is 16. The van der Waals surface area contributed by atoms with Gasteiger partial charge in [0.25, 0.3) is 14.2 Å². The third-order valence-corrected chi connectivity index (χ3v) is 9.36. The van der Waals surface area contributed by atoms with Crippen molar-refractivity contribution in [2.75, 3.05) is 31.8 Å². The second-order valence-corrected chi connectivity index (χ2v) is 13.2. The molecule has 0 N–H and O–H groups in total. The predicted octanol–water partition coefficient (Wildman–Crippen LogP) is 9.09. The average Bonchev–Trinajstić information content (AvgIpc) is 2.96. The average molecular weight is 625 g/mol. The molecule has 238 valence electrons. The van der Waals surface area contributed by atoms with Gasteiger partial charge in [-0.2, -0.15) is 10.4 Å². The number of allylic oxidation sites excluding steroid dienone is 1. The Morgan fingerprint density at radius 3 is 2.32 bits per heavy atom. The topological polar surface area (TPSA) is 126 Å². The first-order valence-electron chi connectivity index (χ1n) is 15.0. The smallest absolute Gasteiger partial charge is 0.269 e. The van der Waals surface area contributed by atoms with Gasteiger partial charge in [0.2, 0.25) is 0 Å². The molecule has 44 heavy (non-hydrogen) atoms. The van der Waals surface area contributed by atoms with Gasteiger partial charge in [-0.3, -0.25) is 10.1 Å². The van der Waals surface area contributed by atoms with Gasteiger partial charge >= 0.3 is 0 Å². The number of azo groups is 1.